The summed E-state index contributed by atoms with van der Waals surface area (Å²) in [5.74, 6) is -0.0350. The molecule has 0 spiro atoms. The molecule has 0 fully saturated rings. The Kier molecular flexibility index (Phi) is 4.85. The van der Waals surface area contributed by atoms with Crippen LogP contribution in [0.25, 0.3) is 0 Å². The van der Waals surface area contributed by atoms with Crippen LogP contribution in [0.1, 0.15) is 29.8 Å². The van der Waals surface area contributed by atoms with E-state index in [9.17, 15) is 18.0 Å². The predicted octanol–water partition coefficient (Wildman–Crippen LogP) is 3.70. The molecule has 0 aliphatic heterocycles. The molecular formula is C13H15ClF3NO. The van der Waals surface area contributed by atoms with Crippen molar-refractivity contribution in [2.75, 3.05) is 12.4 Å². The zero-order valence-electron chi connectivity index (χ0n) is 10.6. The van der Waals surface area contributed by atoms with E-state index in [1.54, 1.807) is 0 Å². The summed E-state index contributed by atoms with van der Waals surface area (Å²) in [6.07, 6.45) is -4.39. The number of amides is 1. The van der Waals surface area contributed by atoms with Crippen molar-refractivity contribution in [1.29, 1.82) is 0 Å². The van der Waals surface area contributed by atoms with Crippen LogP contribution in [-0.4, -0.2) is 18.3 Å². The van der Waals surface area contributed by atoms with Crippen LogP contribution in [0.3, 0.4) is 0 Å². The fourth-order valence-corrected chi connectivity index (χ4v) is 1.37. The fourth-order valence-electron chi connectivity index (χ4n) is 1.28. The predicted molar refractivity (Wildman–Crippen MR) is 68.3 cm³/mol. The van der Waals surface area contributed by atoms with Gasteiger partial charge in [0.05, 0.1) is 5.56 Å². The van der Waals surface area contributed by atoms with Crippen molar-refractivity contribution in [3.63, 3.8) is 0 Å². The van der Waals surface area contributed by atoms with Crippen LogP contribution in [0.4, 0.5) is 13.2 Å². The normalized spacial score (nSPS) is 12.3. The number of nitrogens with one attached hydrogen (secondary N) is 1. The number of rotatable bonds is 4. The molecule has 19 heavy (non-hydrogen) atoms. The van der Waals surface area contributed by atoms with Crippen LogP contribution >= 0.6 is 11.6 Å². The molecule has 0 saturated carbocycles. The van der Waals surface area contributed by atoms with Gasteiger partial charge in [0.25, 0.3) is 5.91 Å². The van der Waals surface area contributed by atoms with Gasteiger partial charge in [0.2, 0.25) is 0 Å². The van der Waals surface area contributed by atoms with Gasteiger partial charge in [-0.2, -0.15) is 13.2 Å². The van der Waals surface area contributed by atoms with Gasteiger partial charge in [-0.25, -0.2) is 0 Å². The molecule has 0 radical (unpaired) electrons. The molecule has 1 aromatic rings. The standard InChI is InChI=1S/C13H15ClF3NO/c1-12(2,7-14)8-18-11(19)9-3-5-10(6-4-9)13(15,16)17/h3-6H,7-8H2,1-2H3,(H,18,19). The van der Waals surface area contributed by atoms with Crippen LogP contribution in [0.15, 0.2) is 24.3 Å². The highest BCUT2D eigenvalue weighted by molar-refractivity contribution is 6.18. The SMILES string of the molecule is CC(C)(CCl)CNC(=O)c1ccc(C(F)(F)F)cc1. The molecule has 0 aliphatic rings. The van der Waals surface area contributed by atoms with Gasteiger partial charge >= 0.3 is 6.18 Å². The van der Waals surface area contributed by atoms with Gasteiger partial charge in [-0.3, -0.25) is 4.79 Å². The summed E-state index contributed by atoms with van der Waals surface area (Å²) < 4.78 is 37.1. The molecule has 0 saturated heterocycles. The Morgan fingerprint density at radius 2 is 1.74 bits per heavy atom. The summed E-state index contributed by atoms with van der Waals surface area (Å²) in [7, 11) is 0. The van der Waals surface area contributed by atoms with Crippen molar-refractivity contribution in [2.45, 2.75) is 20.0 Å². The highest BCUT2D eigenvalue weighted by Gasteiger charge is 2.30. The van der Waals surface area contributed by atoms with Crippen molar-refractivity contribution in [3.05, 3.63) is 35.4 Å². The van der Waals surface area contributed by atoms with Crippen LogP contribution < -0.4 is 5.32 Å². The second-order valence-electron chi connectivity index (χ2n) is 5.06. The molecule has 0 heterocycles. The third-order valence-electron chi connectivity index (χ3n) is 2.56. The molecule has 1 aromatic carbocycles. The third kappa shape index (κ3) is 4.74. The lowest BCUT2D eigenvalue weighted by molar-refractivity contribution is -0.137. The molecule has 1 N–H and O–H groups in total. The van der Waals surface area contributed by atoms with E-state index in [0.29, 0.717) is 12.4 Å². The highest BCUT2D eigenvalue weighted by atomic mass is 35.5. The molecule has 6 heteroatoms. The van der Waals surface area contributed by atoms with E-state index in [0.717, 1.165) is 24.3 Å². The summed E-state index contributed by atoms with van der Waals surface area (Å²) in [5, 5.41) is 2.64. The lowest BCUT2D eigenvalue weighted by atomic mass is 9.96. The Morgan fingerprint density at radius 1 is 1.21 bits per heavy atom. The molecule has 1 amide bonds. The average molecular weight is 294 g/mol. The van der Waals surface area contributed by atoms with Crippen molar-refractivity contribution < 1.29 is 18.0 Å². The van der Waals surface area contributed by atoms with Crippen LogP contribution in [-0.2, 0) is 6.18 Å². The zero-order chi connectivity index (χ0) is 14.7. The number of carbonyl (C=O) groups is 1. The quantitative estimate of drug-likeness (QED) is 0.843. The average Bonchev–Trinajstić information content (AvgIpc) is 2.35. The first-order valence-electron chi connectivity index (χ1n) is 5.67. The van der Waals surface area contributed by atoms with Crippen molar-refractivity contribution in [3.8, 4) is 0 Å². The Morgan fingerprint density at radius 3 is 2.16 bits per heavy atom. The Labute approximate surface area is 114 Å². The summed E-state index contributed by atoms with van der Waals surface area (Å²) in [6.45, 7) is 4.12. The molecule has 1 rings (SSSR count). The van der Waals surface area contributed by atoms with E-state index < -0.39 is 17.6 Å². The second kappa shape index (κ2) is 5.82. The fraction of sp³-hybridized carbons (Fsp3) is 0.462. The first-order valence-corrected chi connectivity index (χ1v) is 6.20. The number of halogens is 4. The van der Waals surface area contributed by atoms with Gasteiger partial charge in [-0.05, 0) is 29.7 Å². The van der Waals surface area contributed by atoms with Gasteiger partial charge in [-0.15, -0.1) is 11.6 Å². The van der Waals surface area contributed by atoms with Crippen LogP contribution in [0.2, 0.25) is 0 Å². The number of hydrogen-bond donors (Lipinski definition) is 1. The second-order valence-corrected chi connectivity index (χ2v) is 5.32. The minimum Gasteiger partial charge on any atom is -0.351 e. The maximum atomic E-state index is 12.4. The molecule has 0 aliphatic carbocycles. The summed E-state index contributed by atoms with van der Waals surface area (Å²) in [6, 6.07) is 4.10. The molecule has 106 valence electrons. The summed E-state index contributed by atoms with van der Waals surface area (Å²) in [4.78, 5) is 11.7. The van der Waals surface area contributed by atoms with E-state index in [-0.39, 0.29) is 11.0 Å². The smallest absolute Gasteiger partial charge is 0.351 e. The maximum Gasteiger partial charge on any atom is 0.416 e. The lowest BCUT2D eigenvalue weighted by Gasteiger charge is -2.21. The Bertz CT molecular complexity index is 440. The van der Waals surface area contributed by atoms with Crippen molar-refractivity contribution in [2.24, 2.45) is 5.41 Å². The van der Waals surface area contributed by atoms with E-state index in [1.165, 1.54) is 0 Å². The molecule has 0 aromatic heterocycles. The third-order valence-corrected chi connectivity index (χ3v) is 3.29. The Hall–Kier alpha value is -1.23. The number of benzene rings is 1. The first-order chi connectivity index (χ1) is 8.65. The van der Waals surface area contributed by atoms with Gasteiger partial charge in [0.15, 0.2) is 0 Å². The molecular weight excluding hydrogens is 279 g/mol. The lowest BCUT2D eigenvalue weighted by Crippen LogP contribution is -2.35. The van der Waals surface area contributed by atoms with Gasteiger partial charge in [0, 0.05) is 18.0 Å². The summed E-state index contributed by atoms with van der Waals surface area (Å²) in [5.41, 5.74) is -0.841. The largest absolute Gasteiger partial charge is 0.416 e. The van der Waals surface area contributed by atoms with Crippen molar-refractivity contribution in [1.82, 2.24) is 5.32 Å². The van der Waals surface area contributed by atoms with Crippen LogP contribution in [0, 0.1) is 5.41 Å². The monoisotopic (exact) mass is 293 g/mol. The van der Waals surface area contributed by atoms with E-state index >= 15 is 0 Å². The molecule has 0 unspecified atom stereocenters. The molecule has 2 nitrogen and oxygen atoms in total. The van der Waals surface area contributed by atoms with Crippen LogP contribution in [0.5, 0.6) is 0 Å². The zero-order valence-corrected chi connectivity index (χ0v) is 11.4. The van der Waals surface area contributed by atoms with E-state index in [2.05, 4.69) is 5.32 Å². The number of carbonyl (C=O) groups excluding carboxylic acids is 1. The van der Waals surface area contributed by atoms with E-state index in [1.807, 2.05) is 13.8 Å². The molecule has 0 bridgehead atoms. The minimum atomic E-state index is -4.39. The van der Waals surface area contributed by atoms with Gasteiger partial charge < -0.3 is 5.32 Å². The van der Waals surface area contributed by atoms with Crippen molar-refractivity contribution >= 4 is 17.5 Å². The highest BCUT2D eigenvalue weighted by Crippen LogP contribution is 2.29. The first kappa shape index (κ1) is 15.8. The topological polar surface area (TPSA) is 29.1 Å². The molecule has 0 atom stereocenters. The number of hydrogen-bond acceptors (Lipinski definition) is 1. The summed E-state index contributed by atoms with van der Waals surface area (Å²) >= 11 is 5.72. The van der Waals surface area contributed by atoms with E-state index in [4.69, 9.17) is 11.6 Å². The maximum absolute atomic E-state index is 12.4. The number of alkyl halides is 4. The Balaban J connectivity index is 2.69. The van der Waals surface area contributed by atoms with Gasteiger partial charge in [-0.1, -0.05) is 13.8 Å². The minimum absolute atomic E-state index is 0.193. The van der Waals surface area contributed by atoms with Gasteiger partial charge in [0.1, 0.15) is 0 Å².